The van der Waals surface area contributed by atoms with Crippen LogP contribution < -0.4 is 0 Å². The predicted octanol–water partition coefficient (Wildman–Crippen LogP) is 15.8. The van der Waals surface area contributed by atoms with Gasteiger partial charge in [0.05, 0.1) is 22.8 Å². The molecule has 0 saturated heterocycles. The van der Waals surface area contributed by atoms with E-state index in [4.69, 9.17) is 9.98 Å². The zero-order valence-electron chi connectivity index (χ0n) is 32.6. The van der Waals surface area contributed by atoms with Gasteiger partial charge in [-0.1, -0.05) is 180 Å². The molecule has 2 rings (SSSR count). The predicted molar refractivity (Wildman–Crippen MR) is 217 cm³/mol. The van der Waals surface area contributed by atoms with Crippen LogP contribution in [0.3, 0.4) is 0 Å². The van der Waals surface area contributed by atoms with Crippen LogP contribution in [0.4, 0.5) is 11.4 Å². The van der Waals surface area contributed by atoms with Crippen LogP contribution in [0.25, 0.3) is 0 Å². The van der Waals surface area contributed by atoms with E-state index in [2.05, 4.69) is 76.2 Å². The summed E-state index contributed by atoms with van der Waals surface area (Å²) in [5.41, 5.74) is 7.40. The third-order valence-corrected chi connectivity index (χ3v) is 9.91. The minimum absolute atomic E-state index is 0. The number of aliphatic imine (C=N–C) groups is 2. The Morgan fingerprint density at radius 2 is 0.612 bits per heavy atom. The molecule has 0 aliphatic heterocycles. The maximum absolute atomic E-state index is 5.24. The van der Waals surface area contributed by atoms with Crippen LogP contribution in [0.5, 0.6) is 0 Å². The van der Waals surface area contributed by atoms with Crippen molar-refractivity contribution >= 4 is 22.8 Å². The molecule has 0 saturated carbocycles. The molecule has 2 aromatic carbocycles. The van der Waals surface area contributed by atoms with Gasteiger partial charge in [-0.15, -0.1) is 0 Å². The molecule has 2 nitrogen and oxygen atoms in total. The third-order valence-electron chi connectivity index (χ3n) is 9.91. The van der Waals surface area contributed by atoms with Gasteiger partial charge >= 0.3 is 0 Å². The van der Waals surface area contributed by atoms with Crippen LogP contribution in [0, 0.1) is 0 Å². The standard InChI is InChI=1S/C46H76N2.Ni/c1-5-9-13-15-17-19-21-23-25-27-29-41-33-37-43(38-34-41)47-45(31-11-7-3)46(32-12-8-4)48-44-39-35-42(36-40-44)30-28-26-24-22-20-18-16-14-10-6-2;/h33-40H,5-32H2,1-4H3;. The van der Waals surface area contributed by atoms with Crippen molar-refractivity contribution in [1.82, 2.24) is 0 Å². The van der Waals surface area contributed by atoms with Gasteiger partial charge in [0, 0.05) is 16.5 Å². The minimum Gasteiger partial charge on any atom is -0.252 e. The Morgan fingerprint density at radius 1 is 0.347 bits per heavy atom. The van der Waals surface area contributed by atoms with Gasteiger partial charge in [0.1, 0.15) is 0 Å². The van der Waals surface area contributed by atoms with E-state index in [1.807, 2.05) is 0 Å². The molecule has 0 fully saturated rings. The summed E-state index contributed by atoms with van der Waals surface area (Å²) >= 11 is 0. The molecule has 0 atom stereocenters. The first-order valence-corrected chi connectivity index (χ1v) is 21.0. The first-order valence-electron chi connectivity index (χ1n) is 21.0. The summed E-state index contributed by atoms with van der Waals surface area (Å²) < 4.78 is 0. The fourth-order valence-electron chi connectivity index (χ4n) is 6.64. The molecular weight excluding hydrogens is 639 g/mol. The minimum atomic E-state index is 0. The number of aryl methyl sites for hydroxylation is 2. The molecule has 0 radical (unpaired) electrons. The van der Waals surface area contributed by atoms with Crippen molar-refractivity contribution in [3.8, 4) is 0 Å². The Labute approximate surface area is 315 Å². The van der Waals surface area contributed by atoms with Crippen molar-refractivity contribution in [2.75, 3.05) is 0 Å². The van der Waals surface area contributed by atoms with Crippen LogP contribution in [0.2, 0.25) is 0 Å². The number of benzene rings is 2. The molecule has 0 unspecified atom stereocenters. The van der Waals surface area contributed by atoms with E-state index in [1.54, 1.807) is 0 Å². The topological polar surface area (TPSA) is 24.7 Å². The Kier molecular flexibility index (Phi) is 29.8. The normalized spacial score (nSPS) is 12.0. The van der Waals surface area contributed by atoms with Gasteiger partial charge in [-0.05, 0) is 86.8 Å². The fourth-order valence-corrected chi connectivity index (χ4v) is 6.64. The van der Waals surface area contributed by atoms with E-state index in [0.29, 0.717) is 0 Å². The van der Waals surface area contributed by atoms with Crippen LogP contribution in [-0.4, -0.2) is 11.4 Å². The van der Waals surface area contributed by atoms with E-state index in [1.165, 1.54) is 177 Å². The second kappa shape index (κ2) is 32.2. The second-order valence-electron chi connectivity index (χ2n) is 14.5. The quantitative estimate of drug-likeness (QED) is 0.0422. The van der Waals surface area contributed by atoms with Crippen molar-refractivity contribution < 1.29 is 16.5 Å². The van der Waals surface area contributed by atoms with Crippen molar-refractivity contribution in [2.24, 2.45) is 9.98 Å². The Balaban J connectivity index is 0.0000120. The second-order valence-corrected chi connectivity index (χ2v) is 14.5. The van der Waals surface area contributed by atoms with E-state index in [0.717, 1.165) is 37.1 Å². The van der Waals surface area contributed by atoms with Crippen molar-refractivity contribution in [3.05, 3.63) is 59.7 Å². The van der Waals surface area contributed by atoms with E-state index >= 15 is 0 Å². The number of nitrogens with zero attached hydrogens (tertiary/aromatic N) is 2. The van der Waals surface area contributed by atoms with Gasteiger partial charge in [0.25, 0.3) is 0 Å². The number of rotatable bonds is 31. The average molecular weight is 716 g/mol. The maximum Gasteiger partial charge on any atom is 0.0633 e. The molecule has 0 N–H and O–H groups in total. The van der Waals surface area contributed by atoms with Crippen LogP contribution >= 0.6 is 0 Å². The summed E-state index contributed by atoms with van der Waals surface area (Å²) in [6.07, 6.45) is 36.8. The molecule has 0 aliphatic rings. The van der Waals surface area contributed by atoms with Gasteiger partial charge in [-0.25, -0.2) is 0 Å². The Morgan fingerprint density at radius 3 is 0.898 bits per heavy atom. The molecule has 280 valence electrons. The molecule has 2 aromatic rings. The van der Waals surface area contributed by atoms with Crippen molar-refractivity contribution in [1.29, 1.82) is 0 Å². The fraction of sp³-hybridized carbons (Fsp3) is 0.696. The summed E-state index contributed by atoms with van der Waals surface area (Å²) in [6, 6.07) is 18.2. The van der Waals surface area contributed by atoms with Gasteiger partial charge < -0.3 is 0 Å². The number of unbranched alkanes of at least 4 members (excludes halogenated alkanes) is 20. The van der Waals surface area contributed by atoms with Crippen LogP contribution in [0.1, 0.15) is 206 Å². The summed E-state index contributed by atoms with van der Waals surface area (Å²) in [5.74, 6) is 0. The van der Waals surface area contributed by atoms with Crippen LogP contribution in [0.15, 0.2) is 58.5 Å². The summed E-state index contributed by atoms with van der Waals surface area (Å²) in [6.45, 7) is 9.14. The first-order chi connectivity index (χ1) is 23.7. The average Bonchev–Trinajstić information content (AvgIpc) is 3.11. The van der Waals surface area contributed by atoms with Gasteiger partial charge in [0.2, 0.25) is 0 Å². The zero-order valence-corrected chi connectivity index (χ0v) is 33.6. The Hall–Kier alpha value is -1.73. The molecule has 0 spiro atoms. The monoisotopic (exact) mass is 715 g/mol. The number of hydrogen-bond acceptors (Lipinski definition) is 2. The molecule has 0 aromatic heterocycles. The van der Waals surface area contributed by atoms with Crippen molar-refractivity contribution in [3.63, 3.8) is 0 Å². The van der Waals surface area contributed by atoms with Crippen LogP contribution in [-0.2, 0) is 29.3 Å². The summed E-state index contributed by atoms with van der Waals surface area (Å²) in [4.78, 5) is 10.5. The molecule has 0 heterocycles. The van der Waals surface area contributed by atoms with Gasteiger partial charge in [0.15, 0.2) is 0 Å². The van der Waals surface area contributed by atoms with E-state index in [9.17, 15) is 0 Å². The number of hydrogen-bond donors (Lipinski definition) is 0. The largest absolute Gasteiger partial charge is 0.252 e. The molecule has 0 bridgehead atoms. The smallest absolute Gasteiger partial charge is 0.0633 e. The SMILES string of the molecule is CCCCCCCCCCCCc1ccc(N=C(CCCC)C(CCCC)=Nc2ccc(CCCCCCCCCCCC)cc2)cc1.[Ni]. The molecule has 49 heavy (non-hydrogen) atoms. The molecule has 0 aliphatic carbocycles. The van der Waals surface area contributed by atoms with Gasteiger partial charge in [-0.3, -0.25) is 9.98 Å². The molecular formula is C46H76N2Ni. The van der Waals surface area contributed by atoms with Gasteiger partial charge in [-0.2, -0.15) is 0 Å². The zero-order chi connectivity index (χ0) is 34.3. The van der Waals surface area contributed by atoms with E-state index < -0.39 is 0 Å². The molecule has 3 heteroatoms. The Bertz CT molecular complexity index is 982. The van der Waals surface area contributed by atoms with Crippen molar-refractivity contribution in [2.45, 2.75) is 207 Å². The first kappa shape index (κ1) is 45.3. The summed E-state index contributed by atoms with van der Waals surface area (Å²) in [7, 11) is 0. The molecule has 0 amide bonds. The maximum atomic E-state index is 5.24. The third kappa shape index (κ3) is 23.4. The van der Waals surface area contributed by atoms with E-state index in [-0.39, 0.29) is 16.5 Å². The summed E-state index contributed by atoms with van der Waals surface area (Å²) in [5, 5.41) is 0.